The summed E-state index contributed by atoms with van der Waals surface area (Å²) >= 11 is 3.40. The molecule has 0 bridgehead atoms. The van der Waals surface area contributed by atoms with E-state index in [-0.39, 0.29) is 0 Å². The molecular formula is C15H18BrN3O2. The molecule has 0 atom stereocenters. The molecule has 1 aromatic heterocycles. The van der Waals surface area contributed by atoms with E-state index in [0.717, 1.165) is 15.6 Å². The predicted molar refractivity (Wildman–Crippen MR) is 86.2 cm³/mol. The Morgan fingerprint density at radius 3 is 2.48 bits per heavy atom. The zero-order valence-corrected chi connectivity index (χ0v) is 14.1. The van der Waals surface area contributed by atoms with Gasteiger partial charge in [0, 0.05) is 23.3 Å². The minimum atomic E-state index is -0.545. The van der Waals surface area contributed by atoms with Crippen molar-refractivity contribution >= 4 is 27.8 Å². The summed E-state index contributed by atoms with van der Waals surface area (Å²) in [5.41, 5.74) is 1.27. The van der Waals surface area contributed by atoms with Crippen LogP contribution in [0.5, 0.6) is 0 Å². The van der Waals surface area contributed by atoms with Gasteiger partial charge < -0.3 is 4.74 Å². The molecule has 0 spiro atoms. The average molecular weight is 352 g/mol. The smallest absolute Gasteiger partial charge is 0.413 e. The summed E-state index contributed by atoms with van der Waals surface area (Å²) in [6.07, 6.45) is 1.34. The number of halogens is 1. The number of aryl methyl sites for hydroxylation is 1. The third-order valence-electron chi connectivity index (χ3n) is 2.60. The van der Waals surface area contributed by atoms with E-state index < -0.39 is 11.7 Å². The van der Waals surface area contributed by atoms with Crippen LogP contribution in [0.15, 0.2) is 34.9 Å². The number of amides is 1. The van der Waals surface area contributed by atoms with Gasteiger partial charge in [-0.25, -0.2) is 4.79 Å². The largest absolute Gasteiger partial charge is 0.444 e. The van der Waals surface area contributed by atoms with Crippen LogP contribution in [0.1, 0.15) is 20.8 Å². The maximum Gasteiger partial charge on any atom is 0.413 e. The third-order valence-corrected chi connectivity index (χ3v) is 3.13. The summed E-state index contributed by atoms with van der Waals surface area (Å²) in [4.78, 5) is 11.9. The molecule has 6 heteroatoms. The number of nitrogens with one attached hydrogen (secondary N) is 1. The standard InChI is InChI=1S/C15H18BrN3O2/c1-15(2,3)21-14(20)17-13-12(9-19(4)18-13)10-5-7-11(16)8-6-10/h5-9H,1-4H3,(H,17,18,20). The highest BCUT2D eigenvalue weighted by Gasteiger charge is 2.19. The monoisotopic (exact) mass is 351 g/mol. The molecule has 1 aromatic carbocycles. The van der Waals surface area contributed by atoms with Gasteiger partial charge in [-0.2, -0.15) is 5.10 Å². The van der Waals surface area contributed by atoms with Crippen LogP contribution in [0, 0.1) is 0 Å². The van der Waals surface area contributed by atoms with E-state index in [1.165, 1.54) is 0 Å². The summed E-state index contributed by atoms with van der Waals surface area (Å²) in [5.74, 6) is 0.481. The zero-order valence-electron chi connectivity index (χ0n) is 12.5. The van der Waals surface area contributed by atoms with E-state index in [1.54, 1.807) is 4.68 Å². The number of carbonyl (C=O) groups is 1. The molecule has 0 aliphatic carbocycles. The number of benzene rings is 1. The first-order chi connectivity index (χ1) is 9.74. The highest BCUT2D eigenvalue weighted by molar-refractivity contribution is 9.10. The van der Waals surface area contributed by atoms with Gasteiger partial charge in [-0.3, -0.25) is 10.00 Å². The molecule has 0 radical (unpaired) electrons. The summed E-state index contributed by atoms with van der Waals surface area (Å²) in [6, 6.07) is 7.81. The molecule has 1 amide bonds. The fourth-order valence-corrected chi connectivity index (χ4v) is 2.09. The van der Waals surface area contributed by atoms with Gasteiger partial charge in [-0.15, -0.1) is 0 Å². The number of aromatic nitrogens is 2. The van der Waals surface area contributed by atoms with Crippen molar-refractivity contribution in [3.63, 3.8) is 0 Å². The van der Waals surface area contributed by atoms with Gasteiger partial charge in [-0.1, -0.05) is 28.1 Å². The van der Waals surface area contributed by atoms with Gasteiger partial charge in [0.05, 0.1) is 0 Å². The summed E-state index contributed by atoms with van der Waals surface area (Å²) in [6.45, 7) is 5.46. The van der Waals surface area contributed by atoms with Crippen LogP contribution in [0.4, 0.5) is 10.6 Å². The number of hydrogen-bond donors (Lipinski definition) is 1. The molecule has 0 aliphatic heterocycles. The first-order valence-corrected chi connectivity index (χ1v) is 7.33. The molecule has 2 rings (SSSR count). The summed E-state index contributed by atoms with van der Waals surface area (Å²) in [5, 5.41) is 6.97. The first-order valence-electron chi connectivity index (χ1n) is 6.54. The number of rotatable bonds is 2. The highest BCUT2D eigenvalue weighted by atomic mass is 79.9. The van der Waals surface area contributed by atoms with Crippen LogP contribution in [0.3, 0.4) is 0 Å². The second kappa shape index (κ2) is 5.89. The molecule has 5 nitrogen and oxygen atoms in total. The fraction of sp³-hybridized carbons (Fsp3) is 0.333. The normalized spacial score (nSPS) is 11.3. The van der Waals surface area contributed by atoms with Crippen molar-refractivity contribution in [3.8, 4) is 11.1 Å². The first kappa shape index (κ1) is 15.6. The van der Waals surface area contributed by atoms with Crippen LogP contribution in [0.25, 0.3) is 11.1 Å². The Kier molecular flexibility index (Phi) is 4.37. The van der Waals surface area contributed by atoms with Crippen molar-refractivity contribution in [1.82, 2.24) is 9.78 Å². The third kappa shape index (κ3) is 4.32. The lowest BCUT2D eigenvalue weighted by atomic mass is 10.1. The van der Waals surface area contributed by atoms with Gasteiger partial charge in [0.2, 0.25) is 0 Å². The second-order valence-electron chi connectivity index (χ2n) is 5.70. The molecule has 0 fully saturated rings. The molecule has 112 valence electrons. The van der Waals surface area contributed by atoms with E-state index >= 15 is 0 Å². The molecule has 2 aromatic rings. The number of anilines is 1. The lowest BCUT2D eigenvalue weighted by molar-refractivity contribution is 0.0635. The van der Waals surface area contributed by atoms with Crippen LogP contribution in [-0.4, -0.2) is 21.5 Å². The quantitative estimate of drug-likeness (QED) is 0.881. The van der Waals surface area contributed by atoms with E-state index in [9.17, 15) is 4.79 Å². The average Bonchev–Trinajstić information content (AvgIpc) is 2.68. The summed E-state index contributed by atoms with van der Waals surface area (Å²) < 4.78 is 7.91. The van der Waals surface area contributed by atoms with Crippen molar-refractivity contribution < 1.29 is 9.53 Å². The maximum atomic E-state index is 11.9. The van der Waals surface area contributed by atoms with Gasteiger partial charge in [0.1, 0.15) is 5.60 Å². The molecule has 1 N–H and O–H groups in total. The molecule has 0 aliphatic rings. The molecule has 0 unspecified atom stereocenters. The number of hydrogen-bond acceptors (Lipinski definition) is 3. The van der Waals surface area contributed by atoms with Gasteiger partial charge in [0.15, 0.2) is 5.82 Å². The Labute approximate surface area is 132 Å². The van der Waals surface area contributed by atoms with E-state index in [2.05, 4.69) is 26.3 Å². The Balaban J connectivity index is 2.25. The van der Waals surface area contributed by atoms with Crippen molar-refractivity contribution in [1.29, 1.82) is 0 Å². The predicted octanol–water partition coefficient (Wildman–Crippen LogP) is 4.20. The SMILES string of the molecule is Cn1cc(-c2ccc(Br)cc2)c(NC(=O)OC(C)(C)C)n1. The molecule has 0 saturated carbocycles. The minimum absolute atomic E-state index is 0.481. The van der Waals surface area contributed by atoms with Crippen LogP contribution in [0.2, 0.25) is 0 Å². The Bertz CT molecular complexity index is 642. The Morgan fingerprint density at radius 2 is 1.90 bits per heavy atom. The van der Waals surface area contributed by atoms with Crippen LogP contribution >= 0.6 is 15.9 Å². The minimum Gasteiger partial charge on any atom is -0.444 e. The van der Waals surface area contributed by atoms with Crippen molar-refractivity contribution in [2.45, 2.75) is 26.4 Å². The van der Waals surface area contributed by atoms with Crippen molar-refractivity contribution in [2.24, 2.45) is 7.05 Å². The second-order valence-corrected chi connectivity index (χ2v) is 6.61. The number of carbonyl (C=O) groups excluding carboxylic acids is 1. The zero-order chi connectivity index (χ0) is 15.6. The van der Waals surface area contributed by atoms with Crippen LogP contribution in [-0.2, 0) is 11.8 Å². The van der Waals surface area contributed by atoms with E-state index in [1.807, 2.05) is 58.3 Å². The van der Waals surface area contributed by atoms with E-state index in [4.69, 9.17) is 4.74 Å². The topological polar surface area (TPSA) is 56.2 Å². The van der Waals surface area contributed by atoms with Crippen molar-refractivity contribution in [2.75, 3.05) is 5.32 Å². The molecular weight excluding hydrogens is 334 g/mol. The lowest BCUT2D eigenvalue weighted by Gasteiger charge is -2.19. The number of nitrogens with zero attached hydrogens (tertiary/aromatic N) is 2. The van der Waals surface area contributed by atoms with Gasteiger partial charge in [0.25, 0.3) is 0 Å². The molecule has 21 heavy (non-hydrogen) atoms. The van der Waals surface area contributed by atoms with Crippen molar-refractivity contribution in [3.05, 3.63) is 34.9 Å². The Hall–Kier alpha value is -1.82. The van der Waals surface area contributed by atoms with Gasteiger partial charge in [-0.05, 0) is 38.5 Å². The fourth-order valence-electron chi connectivity index (χ4n) is 1.82. The van der Waals surface area contributed by atoms with Crippen LogP contribution < -0.4 is 5.32 Å². The van der Waals surface area contributed by atoms with Gasteiger partial charge >= 0.3 is 6.09 Å². The Morgan fingerprint density at radius 1 is 1.29 bits per heavy atom. The maximum absolute atomic E-state index is 11.9. The number of ether oxygens (including phenoxy) is 1. The molecule has 0 saturated heterocycles. The lowest BCUT2D eigenvalue weighted by Crippen LogP contribution is -2.27. The molecule has 1 heterocycles. The van der Waals surface area contributed by atoms with E-state index in [0.29, 0.717) is 5.82 Å². The summed E-state index contributed by atoms with van der Waals surface area (Å²) in [7, 11) is 1.81. The highest BCUT2D eigenvalue weighted by Crippen LogP contribution is 2.28.